The predicted octanol–water partition coefficient (Wildman–Crippen LogP) is 3.66. The average molecular weight is 331 g/mol. The summed E-state index contributed by atoms with van der Waals surface area (Å²) in [6, 6.07) is 19.3. The van der Waals surface area contributed by atoms with Crippen LogP contribution >= 0.6 is 0 Å². The number of carbonyl (C=O) groups excluding carboxylic acids is 2. The Labute approximate surface area is 145 Å². The van der Waals surface area contributed by atoms with E-state index in [0.29, 0.717) is 18.7 Å². The van der Waals surface area contributed by atoms with E-state index < -0.39 is 0 Å². The van der Waals surface area contributed by atoms with Crippen LogP contribution in [0.25, 0.3) is 10.8 Å². The van der Waals surface area contributed by atoms with Gasteiger partial charge in [0.2, 0.25) is 5.91 Å². The van der Waals surface area contributed by atoms with E-state index in [1.54, 1.807) is 12.1 Å². The molecule has 5 heteroatoms. The Hall–Kier alpha value is -3.34. The van der Waals surface area contributed by atoms with Crippen molar-refractivity contribution in [2.45, 2.75) is 13.0 Å². The molecule has 0 atom stereocenters. The van der Waals surface area contributed by atoms with Gasteiger partial charge in [-0.25, -0.2) is 4.79 Å². The van der Waals surface area contributed by atoms with E-state index in [9.17, 15) is 9.59 Å². The summed E-state index contributed by atoms with van der Waals surface area (Å²) < 4.78 is 0. The molecule has 0 radical (unpaired) electrons. The summed E-state index contributed by atoms with van der Waals surface area (Å²) in [5.74, 6) is -0.0208. The van der Waals surface area contributed by atoms with Crippen LogP contribution in [0.2, 0.25) is 0 Å². The van der Waals surface area contributed by atoms with Crippen LogP contribution in [-0.2, 0) is 17.8 Å². The van der Waals surface area contributed by atoms with Gasteiger partial charge < -0.3 is 16.0 Å². The first-order valence-corrected chi connectivity index (χ1v) is 8.13. The average Bonchev–Trinajstić information content (AvgIpc) is 2.99. The predicted molar refractivity (Wildman–Crippen MR) is 98.6 cm³/mol. The van der Waals surface area contributed by atoms with Crippen molar-refractivity contribution < 1.29 is 9.59 Å². The van der Waals surface area contributed by atoms with Crippen LogP contribution in [0.3, 0.4) is 0 Å². The van der Waals surface area contributed by atoms with E-state index in [1.807, 2.05) is 30.3 Å². The molecule has 0 bridgehead atoms. The Balaban J connectivity index is 1.43. The van der Waals surface area contributed by atoms with Gasteiger partial charge in [0.25, 0.3) is 0 Å². The number of fused-ring (bicyclic) bond motifs is 2. The second-order valence-corrected chi connectivity index (χ2v) is 6.04. The molecule has 3 aromatic rings. The van der Waals surface area contributed by atoms with Crippen molar-refractivity contribution in [3.05, 3.63) is 71.8 Å². The molecule has 1 aliphatic heterocycles. The zero-order valence-electron chi connectivity index (χ0n) is 13.5. The fourth-order valence-corrected chi connectivity index (χ4v) is 3.10. The lowest BCUT2D eigenvalue weighted by Crippen LogP contribution is -2.28. The van der Waals surface area contributed by atoms with Gasteiger partial charge in [0.1, 0.15) is 0 Å². The number of urea groups is 1. The van der Waals surface area contributed by atoms with Crippen molar-refractivity contribution in [2.75, 3.05) is 10.6 Å². The van der Waals surface area contributed by atoms with E-state index in [4.69, 9.17) is 0 Å². The molecule has 25 heavy (non-hydrogen) atoms. The molecular formula is C20H17N3O2. The SMILES string of the molecule is O=C1Cc2cc(NC(=O)NCc3cccc4ccccc34)ccc2N1. The van der Waals surface area contributed by atoms with E-state index >= 15 is 0 Å². The highest BCUT2D eigenvalue weighted by atomic mass is 16.2. The van der Waals surface area contributed by atoms with E-state index in [0.717, 1.165) is 27.6 Å². The minimum absolute atomic E-state index is 0.0208. The van der Waals surface area contributed by atoms with Crippen LogP contribution in [0.5, 0.6) is 0 Å². The molecule has 0 saturated carbocycles. The van der Waals surface area contributed by atoms with Gasteiger partial charge in [0, 0.05) is 17.9 Å². The number of anilines is 2. The second kappa shape index (κ2) is 6.28. The third-order valence-corrected chi connectivity index (χ3v) is 4.31. The molecule has 5 nitrogen and oxygen atoms in total. The number of hydrogen-bond acceptors (Lipinski definition) is 2. The van der Waals surface area contributed by atoms with Crippen LogP contribution in [0, 0.1) is 0 Å². The first kappa shape index (κ1) is 15.2. The lowest BCUT2D eigenvalue weighted by Gasteiger charge is -2.10. The smallest absolute Gasteiger partial charge is 0.319 e. The molecule has 0 aromatic heterocycles. The third kappa shape index (κ3) is 3.17. The second-order valence-electron chi connectivity index (χ2n) is 6.04. The maximum Gasteiger partial charge on any atom is 0.319 e. The van der Waals surface area contributed by atoms with E-state index in [-0.39, 0.29) is 11.9 Å². The zero-order valence-corrected chi connectivity index (χ0v) is 13.5. The molecule has 0 aliphatic carbocycles. The molecule has 0 fully saturated rings. The van der Waals surface area contributed by atoms with Crippen molar-refractivity contribution in [2.24, 2.45) is 0 Å². The van der Waals surface area contributed by atoms with Gasteiger partial charge in [-0.1, -0.05) is 42.5 Å². The van der Waals surface area contributed by atoms with Crippen molar-refractivity contribution in [1.82, 2.24) is 5.32 Å². The standard InChI is InChI=1S/C20H17N3O2/c24-19-11-15-10-16(8-9-18(15)23-19)22-20(25)21-12-14-6-3-5-13-4-1-2-7-17(13)14/h1-10H,11-12H2,(H,23,24)(H2,21,22,25). The maximum absolute atomic E-state index is 12.2. The summed E-state index contributed by atoms with van der Waals surface area (Å²) >= 11 is 0. The molecule has 0 unspecified atom stereocenters. The zero-order chi connectivity index (χ0) is 17.2. The van der Waals surface area contributed by atoms with Crippen molar-refractivity contribution in [1.29, 1.82) is 0 Å². The fraction of sp³-hybridized carbons (Fsp3) is 0.100. The fourth-order valence-electron chi connectivity index (χ4n) is 3.10. The van der Waals surface area contributed by atoms with Crippen molar-refractivity contribution >= 4 is 34.1 Å². The Bertz CT molecular complexity index is 976. The summed E-state index contributed by atoms with van der Waals surface area (Å²) in [6.45, 7) is 0.443. The quantitative estimate of drug-likeness (QED) is 0.685. The van der Waals surface area contributed by atoms with Crippen LogP contribution in [0.1, 0.15) is 11.1 Å². The Morgan fingerprint density at radius 1 is 1.04 bits per heavy atom. The molecule has 1 aliphatic rings. The molecule has 0 saturated heterocycles. The highest BCUT2D eigenvalue weighted by Gasteiger charge is 2.17. The van der Waals surface area contributed by atoms with Gasteiger partial charge in [0.15, 0.2) is 0 Å². The summed E-state index contributed by atoms with van der Waals surface area (Å²) in [6.07, 6.45) is 0.350. The number of hydrogen-bond donors (Lipinski definition) is 3. The van der Waals surface area contributed by atoms with Gasteiger partial charge >= 0.3 is 6.03 Å². The van der Waals surface area contributed by atoms with Gasteiger partial charge in [-0.05, 0) is 40.1 Å². The molecule has 0 spiro atoms. The number of carbonyl (C=O) groups is 2. The van der Waals surface area contributed by atoms with Gasteiger partial charge in [-0.15, -0.1) is 0 Å². The van der Waals surface area contributed by atoms with Gasteiger partial charge in [0.05, 0.1) is 6.42 Å². The Kier molecular flexibility index (Phi) is 3.82. The van der Waals surface area contributed by atoms with E-state index in [1.165, 1.54) is 0 Å². The highest BCUT2D eigenvalue weighted by molar-refractivity contribution is 6.00. The number of nitrogens with one attached hydrogen (secondary N) is 3. The number of benzene rings is 3. The largest absolute Gasteiger partial charge is 0.334 e. The molecule has 124 valence electrons. The minimum Gasteiger partial charge on any atom is -0.334 e. The highest BCUT2D eigenvalue weighted by Crippen LogP contribution is 2.26. The summed E-state index contributed by atoms with van der Waals surface area (Å²) in [5, 5.41) is 10.8. The first-order chi connectivity index (χ1) is 12.2. The monoisotopic (exact) mass is 331 g/mol. The summed E-state index contributed by atoms with van der Waals surface area (Å²) in [4.78, 5) is 23.6. The van der Waals surface area contributed by atoms with Crippen LogP contribution < -0.4 is 16.0 Å². The van der Waals surface area contributed by atoms with Crippen LogP contribution in [0.15, 0.2) is 60.7 Å². The van der Waals surface area contributed by atoms with Crippen molar-refractivity contribution in [3.8, 4) is 0 Å². The molecule has 1 heterocycles. The maximum atomic E-state index is 12.2. The van der Waals surface area contributed by atoms with Crippen molar-refractivity contribution in [3.63, 3.8) is 0 Å². The summed E-state index contributed by atoms with van der Waals surface area (Å²) in [5.41, 5.74) is 3.45. The summed E-state index contributed by atoms with van der Waals surface area (Å²) in [7, 11) is 0. The first-order valence-electron chi connectivity index (χ1n) is 8.13. The third-order valence-electron chi connectivity index (χ3n) is 4.31. The Morgan fingerprint density at radius 2 is 1.88 bits per heavy atom. The van der Waals surface area contributed by atoms with Gasteiger partial charge in [-0.3, -0.25) is 4.79 Å². The number of rotatable bonds is 3. The van der Waals surface area contributed by atoms with E-state index in [2.05, 4.69) is 34.1 Å². The lowest BCUT2D eigenvalue weighted by atomic mass is 10.0. The topological polar surface area (TPSA) is 70.2 Å². The molecular weight excluding hydrogens is 314 g/mol. The minimum atomic E-state index is -0.273. The molecule has 4 rings (SSSR count). The molecule has 3 aromatic carbocycles. The van der Waals surface area contributed by atoms with Gasteiger partial charge in [-0.2, -0.15) is 0 Å². The van der Waals surface area contributed by atoms with Crippen LogP contribution in [0.4, 0.5) is 16.2 Å². The Morgan fingerprint density at radius 3 is 2.80 bits per heavy atom. The lowest BCUT2D eigenvalue weighted by molar-refractivity contribution is -0.115. The molecule has 3 amide bonds. The number of amides is 3. The normalized spacial score (nSPS) is 12.6. The van der Waals surface area contributed by atoms with Crippen LogP contribution in [-0.4, -0.2) is 11.9 Å². The molecule has 3 N–H and O–H groups in total.